The van der Waals surface area contributed by atoms with Gasteiger partial charge in [0.1, 0.15) is 5.25 Å². The molecule has 0 bridgehead atoms. The lowest BCUT2D eigenvalue weighted by molar-refractivity contribution is -0.129. The molecule has 0 saturated carbocycles. The Hall–Kier alpha value is -0.400. The van der Waals surface area contributed by atoms with E-state index in [-0.39, 0.29) is 5.91 Å². The third-order valence-electron chi connectivity index (χ3n) is 2.38. The molecule has 4 nitrogen and oxygen atoms in total. The summed E-state index contributed by atoms with van der Waals surface area (Å²) >= 11 is 4.86. The highest BCUT2D eigenvalue weighted by molar-refractivity contribution is 9.10. The summed E-state index contributed by atoms with van der Waals surface area (Å²) in [4.78, 5) is 14.3. The quantitative estimate of drug-likeness (QED) is 0.841. The van der Waals surface area contributed by atoms with Crippen LogP contribution in [-0.4, -0.2) is 37.8 Å². The van der Waals surface area contributed by atoms with Gasteiger partial charge in [-0.05, 0) is 28.9 Å². The lowest BCUT2D eigenvalue weighted by atomic mass is 10.3. The van der Waals surface area contributed by atoms with E-state index in [0.717, 1.165) is 15.6 Å². The van der Waals surface area contributed by atoms with E-state index in [0.29, 0.717) is 6.54 Å². The van der Waals surface area contributed by atoms with Crippen LogP contribution in [0.3, 0.4) is 0 Å². The first kappa shape index (κ1) is 14.7. The zero-order chi connectivity index (χ0) is 13.2. The van der Waals surface area contributed by atoms with Crippen molar-refractivity contribution in [3.05, 3.63) is 20.8 Å². The van der Waals surface area contributed by atoms with Gasteiger partial charge in [-0.3, -0.25) is 4.79 Å². The van der Waals surface area contributed by atoms with Gasteiger partial charge in [-0.25, -0.2) is 8.42 Å². The standard InChI is InChI=1S/C10H14BrNO3S2/c1-7(17(3,14)15)10(13)12(2)5-9-4-8(11)6-16-9/h4,6-7H,5H2,1-3H3. The van der Waals surface area contributed by atoms with E-state index in [4.69, 9.17) is 0 Å². The maximum Gasteiger partial charge on any atom is 0.240 e. The van der Waals surface area contributed by atoms with E-state index < -0.39 is 15.1 Å². The van der Waals surface area contributed by atoms with Crippen LogP contribution in [0.25, 0.3) is 0 Å². The van der Waals surface area contributed by atoms with Crippen LogP contribution < -0.4 is 0 Å². The number of nitrogens with zero attached hydrogens (tertiary/aromatic N) is 1. The zero-order valence-electron chi connectivity index (χ0n) is 9.81. The maximum absolute atomic E-state index is 11.8. The third-order valence-corrected chi connectivity index (χ3v) is 5.55. The van der Waals surface area contributed by atoms with Crippen LogP contribution in [0.4, 0.5) is 0 Å². The smallest absolute Gasteiger partial charge is 0.240 e. The summed E-state index contributed by atoms with van der Waals surface area (Å²) < 4.78 is 23.5. The second kappa shape index (κ2) is 5.49. The lowest BCUT2D eigenvalue weighted by Gasteiger charge is -2.19. The van der Waals surface area contributed by atoms with Gasteiger partial charge in [-0.2, -0.15) is 0 Å². The number of carbonyl (C=O) groups is 1. The fraction of sp³-hybridized carbons (Fsp3) is 0.500. The summed E-state index contributed by atoms with van der Waals surface area (Å²) in [5.41, 5.74) is 0. The predicted molar refractivity (Wildman–Crippen MR) is 72.8 cm³/mol. The number of hydrogen-bond donors (Lipinski definition) is 0. The van der Waals surface area contributed by atoms with Gasteiger partial charge in [-0.1, -0.05) is 0 Å². The van der Waals surface area contributed by atoms with Crippen LogP contribution >= 0.6 is 27.3 Å². The molecule has 0 aliphatic carbocycles. The van der Waals surface area contributed by atoms with E-state index in [1.54, 1.807) is 7.05 Å². The van der Waals surface area contributed by atoms with Crippen molar-refractivity contribution < 1.29 is 13.2 Å². The van der Waals surface area contributed by atoms with Gasteiger partial charge >= 0.3 is 0 Å². The molecule has 0 radical (unpaired) electrons. The Kier molecular flexibility index (Phi) is 4.74. The molecular formula is C10H14BrNO3S2. The molecule has 0 aliphatic rings. The molecule has 17 heavy (non-hydrogen) atoms. The molecule has 96 valence electrons. The molecule has 1 unspecified atom stereocenters. The minimum absolute atomic E-state index is 0.378. The van der Waals surface area contributed by atoms with Crippen LogP contribution in [0.5, 0.6) is 0 Å². The molecular weight excluding hydrogens is 326 g/mol. The molecule has 0 saturated heterocycles. The van der Waals surface area contributed by atoms with Crippen LogP contribution in [0.15, 0.2) is 15.9 Å². The second-order valence-electron chi connectivity index (χ2n) is 3.90. The summed E-state index contributed by atoms with van der Waals surface area (Å²) in [6.45, 7) is 1.84. The topological polar surface area (TPSA) is 54.5 Å². The molecule has 1 amide bonds. The van der Waals surface area contributed by atoms with Crippen molar-refractivity contribution in [1.29, 1.82) is 0 Å². The van der Waals surface area contributed by atoms with Crippen molar-refractivity contribution in [1.82, 2.24) is 4.90 Å². The Bertz CT molecular complexity index is 509. The van der Waals surface area contributed by atoms with E-state index in [1.807, 2.05) is 11.4 Å². The van der Waals surface area contributed by atoms with Crippen LogP contribution in [0.1, 0.15) is 11.8 Å². The van der Waals surface area contributed by atoms with Crippen molar-refractivity contribution in [3.8, 4) is 0 Å². The van der Waals surface area contributed by atoms with E-state index in [2.05, 4.69) is 15.9 Å². The number of carbonyl (C=O) groups excluding carboxylic acids is 1. The summed E-state index contributed by atoms with van der Waals surface area (Å²) in [5, 5.41) is 0.934. The summed E-state index contributed by atoms with van der Waals surface area (Å²) in [7, 11) is -1.72. The SMILES string of the molecule is CC(C(=O)N(C)Cc1cc(Br)cs1)S(C)(=O)=O. The summed E-state index contributed by atoms with van der Waals surface area (Å²) in [6.07, 6.45) is 1.07. The van der Waals surface area contributed by atoms with Crippen molar-refractivity contribution >= 4 is 43.0 Å². The first-order chi connectivity index (χ1) is 7.71. The van der Waals surface area contributed by atoms with Crippen molar-refractivity contribution in [2.75, 3.05) is 13.3 Å². The number of amides is 1. The van der Waals surface area contributed by atoms with E-state index in [9.17, 15) is 13.2 Å². The average molecular weight is 340 g/mol. The van der Waals surface area contributed by atoms with E-state index in [1.165, 1.54) is 23.2 Å². The van der Waals surface area contributed by atoms with Crippen LogP contribution in [0, 0.1) is 0 Å². The minimum Gasteiger partial charge on any atom is -0.340 e. The lowest BCUT2D eigenvalue weighted by Crippen LogP contribution is -2.38. The molecule has 1 rings (SSSR count). The molecule has 7 heteroatoms. The van der Waals surface area contributed by atoms with Crippen LogP contribution in [0.2, 0.25) is 0 Å². The van der Waals surface area contributed by atoms with Gasteiger partial charge < -0.3 is 4.90 Å². The Morgan fingerprint density at radius 3 is 2.59 bits per heavy atom. The highest BCUT2D eigenvalue weighted by Gasteiger charge is 2.26. The average Bonchev–Trinajstić information content (AvgIpc) is 2.60. The number of hydrogen-bond acceptors (Lipinski definition) is 4. The number of halogens is 1. The number of sulfone groups is 1. The monoisotopic (exact) mass is 339 g/mol. The molecule has 1 aromatic heterocycles. The normalized spacial score (nSPS) is 13.4. The molecule has 1 atom stereocenters. The molecule has 0 N–H and O–H groups in total. The molecule has 0 aromatic carbocycles. The maximum atomic E-state index is 11.8. The van der Waals surface area contributed by atoms with Gasteiger partial charge in [0, 0.05) is 28.0 Å². The minimum atomic E-state index is -3.33. The van der Waals surface area contributed by atoms with Crippen molar-refractivity contribution in [3.63, 3.8) is 0 Å². The fourth-order valence-electron chi connectivity index (χ4n) is 1.24. The Labute approximate surface area is 114 Å². The predicted octanol–water partition coefficient (Wildman–Crippen LogP) is 1.90. The molecule has 0 aliphatic heterocycles. The number of rotatable bonds is 4. The molecule has 0 fully saturated rings. The van der Waals surface area contributed by atoms with Gasteiger partial charge in [0.2, 0.25) is 5.91 Å². The van der Waals surface area contributed by atoms with Gasteiger partial charge in [-0.15, -0.1) is 11.3 Å². The summed E-state index contributed by atoms with van der Waals surface area (Å²) in [5.74, 6) is -0.378. The fourth-order valence-corrected chi connectivity index (χ4v) is 3.29. The zero-order valence-corrected chi connectivity index (χ0v) is 13.0. The Morgan fingerprint density at radius 1 is 1.59 bits per heavy atom. The highest BCUT2D eigenvalue weighted by Crippen LogP contribution is 2.21. The first-order valence-corrected chi connectivity index (χ1v) is 8.51. The molecule has 1 aromatic rings. The second-order valence-corrected chi connectivity index (χ2v) is 8.17. The number of thiophene rings is 1. The highest BCUT2D eigenvalue weighted by atomic mass is 79.9. The van der Waals surface area contributed by atoms with Gasteiger partial charge in [0.25, 0.3) is 0 Å². The van der Waals surface area contributed by atoms with Gasteiger partial charge in [0.15, 0.2) is 9.84 Å². The van der Waals surface area contributed by atoms with E-state index >= 15 is 0 Å². The van der Waals surface area contributed by atoms with Crippen molar-refractivity contribution in [2.45, 2.75) is 18.7 Å². The first-order valence-electron chi connectivity index (χ1n) is 4.88. The van der Waals surface area contributed by atoms with Gasteiger partial charge in [0.05, 0.1) is 6.54 Å². The van der Waals surface area contributed by atoms with Crippen LogP contribution in [-0.2, 0) is 21.2 Å². The molecule has 1 heterocycles. The summed E-state index contributed by atoms with van der Waals surface area (Å²) in [6, 6.07) is 1.92. The third kappa shape index (κ3) is 4.08. The molecule has 0 spiro atoms. The Balaban J connectivity index is 2.71. The van der Waals surface area contributed by atoms with Crippen molar-refractivity contribution in [2.24, 2.45) is 0 Å². The largest absolute Gasteiger partial charge is 0.340 e. The Morgan fingerprint density at radius 2 is 2.18 bits per heavy atom.